The van der Waals surface area contributed by atoms with Crippen LogP contribution < -0.4 is 11.1 Å². The molecule has 3 N–H and O–H groups in total. The SMILES string of the molecule is C=C(CC(C)(C)CC(=C)OC1CCC2(C)[C@H]3CCC4[C@@]5(N)[C@H](C(=C)C)CC[C@]5(CC(=C)NCCCc5ccccc5)CC[C@@]4(C)C3(C)CC[C@H]2C1(C)C)N=O. The molecule has 0 aromatic heterocycles. The van der Waals surface area contributed by atoms with E-state index < -0.39 is 0 Å². The van der Waals surface area contributed by atoms with Gasteiger partial charge in [-0.25, -0.2) is 0 Å². The van der Waals surface area contributed by atoms with Gasteiger partial charge in [0, 0.05) is 29.6 Å². The van der Waals surface area contributed by atoms with Gasteiger partial charge in [-0.2, -0.15) is 0 Å². The number of nitroso groups, excluding NO2 is 1. The van der Waals surface area contributed by atoms with Gasteiger partial charge in [0.2, 0.25) is 0 Å². The molecule has 0 spiro atoms. The Morgan fingerprint density at radius 1 is 0.855 bits per heavy atom. The first kappa shape index (κ1) is 42.0. The molecule has 5 saturated carbocycles. The molecule has 0 amide bonds. The zero-order valence-electron chi connectivity index (χ0n) is 36.3. The maximum absolute atomic E-state index is 11.1. The van der Waals surface area contributed by atoms with Crippen LogP contribution in [0.4, 0.5) is 0 Å². The van der Waals surface area contributed by atoms with Crippen molar-refractivity contribution in [2.24, 2.45) is 67.1 Å². The minimum Gasteiger partial charge on any atom is -0.495 e. The summed E-state index contributed by atoms with van der Waals surface area (Å²) in [5.74, 6) is 2.89. The third kappa shape index (κ3) is 7.03. The lowest BCUT2D eigenvalue weighted by Crippen LogP contribution is -2.74. The molecule has 1 aromatic rings. The van der Waals surface area contributed by atoms with Crippen molar-refractivity contribution in [2.75, 3.05) is 6.54 Å². The van der Waals surface area contributed by atoms with Gasteiger partial charge in [0.15, 0.2) is 0 Å². The number of allylic oxidation sites excluding steroid dienone is 3. The Kier molecular flexibility index (Phi) is 11.4. The van der Waals surface area contributed by atoms with Gasteiger partial charge < -0.3 is 15.8 Å². The largest absolute Gasteiger partial charge is 0.495 e. The Labute approximate surface area is 335 Å². The standard InChI is InChI=1S/C50H77N3O2/c1-34(2)39-22-27-49(32-35(3)52-30-16-19-38-17-14-13-15-18-38)29-28-48(12)42(50(39,49)51)21-20-41-46(10)25-24-43(45(8,9)40(46)23-26-47(41,48)11)55-37(5)33-44(6,7)31-36(4)53-54/h13-15,17-18,39-43,52H,1,3-5,16,19-33,51H2,2,6-12H3/t39-,40-,41+,42?,43?,46?,47?,48+,49+,50-/m0/s1. The van der Waals surface area contributed by atoms with Crippen molar-refractivity contribution >= 4 is 0 Å². The van der Waals surface area contributed by atoms with Crippen molar-refractivity contribution < 1.29 is 4.74 Å². The second-order valence-electron chi connectivity index (χ2n) is 21.7. The highest BCUT2D eigenvalue weighted by Crippen LogP contribution is 2.78. The second-order valence-corrected chi connectivity index (χ2v) is 21.7. The highest BCUT2D eigenvalue weighted by Gasteiger charge is 2.74. The molecule has 1 aromatic carbocycles. The first-order chi connectivity index (χ1) is 25.7. The van der Waals surface area contributed by atoms with Crippen LogP contribution >= 0.6 is 0 Å². The maximum atomic E-state index is 11.1. The van der Waals surface area contributed by atoms with Gasteiger partial charge in [-0.05, 0) is 158 Å². The van der Waals surface area contributed by atoms with Gasteiger partial charge in [0.25, 0.3) is 0 Å². The molecular formula is C50H77N3O2. The minimum atomic E-state index is -0.278. The number of nitrogens with one attached hydrogen (secondary N) is 1. The number of aryl methyl sites for hydroxylation is 1. The lowest BCUT2D eigenvalue weighted by molar-refractivity contribution is -0.252. The first-order valence-electron chi connectivity index (χ1n) is 21.9. The van der Waals surface area contributed by atoms with Crippen LogP contribution in [0.3, 0.4) is 0 Å². The van der Waals surface area contributed by atoms with Crippen LogP contribution in [0, 0.1) is 61.1 Å². The van der Waals surface area contributed by atoms with Gasteiger partial charge in [-0.15, -0.1) is 4.91 Å². The fourth-order valence-electron chi connectivity index (χ4n) is 15.1. The number of nitrogens with two attached hydrogens (primary N) is 1. The van der Waals surface area contributed by atoms with E-state index in [1.165, 1.54) is 68.2 Å². The Bertz CT molecular complexity index is 1640. The van der Waals surface area contributed by atoms with Gasteiger partial charge in [-0.3, -0.25) is 0 Å². The lowest BCUT2D eigenvalue weighted by atomic mass is 9.31. The number of ether oxygens (including phenoxy) is 1. The van der Waals surface area contributed by atoms with Gasteiger partial charge >= 0.3 is 0 Å². The first-order valence-corrected chi connectivity index (χ1v) is 21.9. The molecule has 4 unspecified atom stereocenters. The van der Waals surface area contributed by atoms with E-state index in [-0.39, 0.29) is 44.1 Å². The molecule has 304 valence electrons. The van der Waals surface area contributed by atoms with Crippen LogP contribution in [0.25, 0.3) is 0 Å². The molecular weight excluding hydrogens is 675 g/mol. The number of fused-ring (bicyclic) bond motifs is 7. The molecule has 0 radical (unpaired) electrons. The molecule has 5 fully saturated rings. The van der Waals surface area contributed by atoms with Crippen molar-refractivity contribution in [3.8, 4) is 0 Å². The molecule has 0 bridgehead atoms. The van der Waals surface area contributed by atoms with E-state index in [1.807, 2.05) is 0 Å². The van der Waals surface area contributed by atoms with Gasteiger partial charge in [-0.1, -0.05) is 111 Å². The zero-order chi connectivity index (χ0) is 40.2. The number of benzene rings is 1. The van der Waals surface area contributed by atoms with Gasteiger partial charge in [0.05, 0.1) is 11.5 Å². The summed E-state index contributed by atoms with van der Waals surface area (Å²) in [6, 6.07) is 10.8. The van der Waals surface area contributed by atoms with Crippen molar-refractivity contribution in [3.63, 3.8) is 0 Å². The summed E-state index contributed by atoms with van der Waals surface area (Å²) < 4.78 is 6.84. The van der Waals surface area contributed by atoms with Crippen LogP contribution in [0.5, 0.6) is 0 Å². The Balaban J connectivity index is 1.19. The van der Waals surface area contributed by atoms with E-state index in [1.54, 1.807) is 0 Å². The average molecular weight is 752 g/mol. The molecule has 0 saturated heterocycles. The van der Waals surface area contributed by atoms with E-state index in [0.717, 1.165) is 44.4 Å². The molecule has 0 heterocycles. The summed E-state index contributed by atoms with van der Waals surface area (Å²) in [6.07, 6.45) is 16.5. The summed E-state index contributed by atoms with van der Waals surface area (Å²) in [7, 11) is 0. The molecule has 6 rings (SSSR count). The number of nitrogens with zero attached hydrogens (tertiary/aromatic N) is 1. The van der Waals surface area contributed by atoms with Crippen molar-refractivity contribution in [3.05, 3.63) is 89.8 Å². The predicted molar refractivity (Wildman–Crippen MR) is 231 cm³/mol. The van der Waals surface area contributed by atoms with E-state index in [9.17, 15) is 4.91 Å². The molecule has 55 heavy (non-hydrogen) atoms. The van der Waals surface area contributed by atoms with E-state index in [2.05, 4.69) is 123 Å². The topological polar surface area (TPSA) is 76.7 Å². The number of hydrogen-bond acceptors (Lipinski definition) is 5. The molecule has 5 heteroatoms. The van der Waals surface area contributed by atoms with Crippen LogP contribution in [-0.2, 0) is 11.2 Å². The third-order valence-electron chi connectivity index (χ3n) is 17.7. The second kappa shape index (κ2) is 14.9. The van der Waals surface area contributed by atoms with Crippen molar-refractivity contribution in [1.82, 2.24) is 5.32 Å². The smallest absolute Gasteiger partial charge is 0.104 e. The number of hydrogen-bond donors (Lipinski definition) is 2. The monoisotopic (exact) mass is 752 g/mol. The summed E-state index contributed by atoms with van der Waals surface area (Å²) in [5.41, 5.74) is 12.7. The Morgan fingerprint density at radius 2 is 1.53 bits per heavy atom. The quantitative estimate of drug-likeness (QED) is 0.0810. The number of rotatable bonds is 15. The van der Waals surface area contributed by atoms with Crippen LogP contribution in [0.1, 0.15) is 151 Å². The van der Waals surface area contributed by atoms with E-state index in [4.69, 9.17) is 10.5 Å². The highest BCUT2D eigenvalue weighted by molar-refractivity contribution is 5.31. The highest BCUT2D eigenvalue weighted by atomic mass is 16.5. The zero-order valence-corrected chi connectivity index (χ0v) is 36.3. The lowest BCUT2D eigenvalue weighted by Gasteiger charge is -2.74. The fourth-order valence-corrected chi connectivity index (χ4v) is 15.1. The van der Waals surface area contributed by atoms with E-state index >= 15 is 0 Å². The fraction of sp³-hybridized carbons (Fsp3) is 0.720. The van der Waals surface area contributed by atoms with Crippen molar-refractivity contribution in [2.45, 2.75) is 163 Å². The summed E-state index contributed by atoms with van der Waals surface area (Å²) in [5, 5.41) is 6.85. The summed E-state index contributed by atoms with van der Waals surface area (Å²) in [6.45, 7) is 38.0. The predicted octanol–water partition coefficient (Wildman–Crippen LogP) is 12.8. The van der Waals surface area contributed by atoms with Crippen LogP contribution in [0.2, 0.25) is 0 Å². The van der Waals surface area contributed by atoms with E-state index in [0.29, 0.717) is 42.2 Å². The van der Waals surface area contributed by atoms with Gasteiger partial charge in [0.1, 0.15) is 6.10 Å². The molecule has 10 atom stereocenters. The molecule has 0 aliphatic heterocycles. The van der Waals surface area contributed by atoms with Crippen LogP contribution in [0.15, 0.2) is 84.6 Å². The summed E-state index contributed by atoms with van der Waals surface area (Å²) >= 11 is 0. The molecule has 5 aliphatic rings. The summed E-state index contributed by atoms with van der Waals surface area (Å²) in [4.78, 5) is 11.1. The minimum absolute atomic E-state index is 0.0227. The Morgan fingerprint density at radius 3 is 2.20 bits per heavy atom. The molecule has 5 aliphatic carbocycles. The Hall–Kier alpha value is -2.66. The average Bonchev–Trinajstić information content (AvgIpc) is 3.40. The van der Waals surface area contributed by atoms with Crippen LogP contribution in [-0.4, -0.2) is 18.2 Å². The normalized spacial score (nSPS) is 39.0. The van der Waals surface area contributed by atoms with Crippen molar-refractivity contribution in [1.29, 1.82) is 0 Å². The maximum Gasteiger partial charge on any atom is 0.104 e. The third-order valence-corrected chi connectivity index (χ3v) is 17.7. The molecule has 5 nitrogen and oxygen atoms in total.